The van der Waals surface area contributed by atoms with E-state index in [1.165, 1.54) is 0 Å². The van der Waals surface area contributed by atoms with Crippen molar-refractivity contribution < 1.29 is 9.90 Å². The van der Waals surface area contributed by atoms with Gasteiger partial charge in [-0.25, -0.2) is 0 Å². The number of carbonyl (C=O) groups excluding carboxylic acids is 1. The smallest absolute Gasteiger partial charge is 0.137 e. The number of phenolic OH excluding ortho intramolecular Hbond substituents is 1. The number of aromatic hydroxyl groups is 1. The average Bonchev–Trinajstić information content (AvgIpc) is 2.12. The second kappa shape index (κ2) is 4.80. The van der Waals surface area contributed by atoms with E-state index in [1.807, 2.05) is 26.0 Å². The van der Waals surface area contributed by atoms with E-state index in [0.717, 1.165) is 17.5 Å². The summed E-state index contributed by atoms with van der Waals surface area (Å²) in [5.41, 5.74) is 1.81. The molecular formula is C12H16O2. The zero-order valence-corrected chi connectivity index (χ0v) is 8.71. The van der Waals surface area contributed by atoms with Crippen molar-refractivity contribution in [2.45, 2.75) is 33.1 Å². The first-order valence-corrected chi connectivity index (χ1v) is 4.93. The lowest BCUT2D eigenvalue weighted by atomic mass is 10.0. The van der Waals surface area contributed by atoms with E-state index >= 15 is 0 Å². The van der Waals surface area contributed by atoms with Crippen molar-refractivity contribution in [3.63, 3.8) is 0 Å². The molecule has 1 aromatic rings. The second-order valence-electron chi connectivity index (χ2n) is 3.60. The fourth-order valence-electron chi connectivity index (χ4n) is 1.44. The van der Waals surface area contributed by atoms with Crippen molar-refractivity contribution in [2.24, 2.45) is 0 Å². The molecule has 76 valence electrons. The van der Waals surface area contributed by atoms with E-state index in [0.29, 0.717) is 12.8 Å². The van der Waals surface area contributed by atoms with Gasteiger partial charge in [0.2, 0.25) is 0 Å². The quantitative estimate of drug-likeness (QED) is 0.796. The summed E-state index contributed by atoms with van der Waals surface area (Å²) in [5, 5.41) is 9.50. The number of aryl methyl sites for hydroxylation is 1. The van der Waals surface area contributed by atoms with Crippen LogP contribution >= 0.6 is 0 Å². The number of ketones is 1. The number of carbonyl (C=O) groups is 1. The van der Waals surface area contributed by atoms with Gasteiger partial charge >= 0.3 is 0 Å². The number of hydrogen-bond acceptors (Lipinski definition) is 2. The topological polar surface area (TPSA) is 37.3 Å². The monoisotopic (exact) mass is 192 g/mol. The fraction of sp³-hybridized carbons (Fsp3) is 0.417. The van der Waals surface area contributed by atoms with E-state index in [2.05, 4.69) is 0 Å². The second-order valence-corrected chi connectivity index (χ2v) is 3.60. The van der Waals surface area contributed by atoms with Gasteiger partial charge in [-0.05, 0) is 19.4 Å². The molecule has 0 saturated heterocycles. The summed E-state index contributed by atoms with van der Waals surface area (Å²) >= 11 is 0. The van der Waals surface area contributed by atoms with Crippen molar-refractivity contribution in [1.82, 2.24) is 0 Å². The Balaban J connectivity index is 2.75. The van der Waals surface area contributed by atoms with E-state index < -0.39 is 0 Å². The molecule has 0 spiro atoms. The van der Waals surface area contributed by atoms with Gasteiger partial charge in [-0.3, -0.25) is 4.79 Å². The van der Waals surface area contributed by atoms with Crippen LogP contribution in [0.1, 0.15) is 30.9 Å². The number of Topliss-reactive ketones (excluding diaryl/α,β-unsaturated/α-hetero) is 1. The van der Waals surface area contributed by atoms with Gasteiger partial charge in [-0.2, -0.15) is 0 Å². The van der Waals surface area contributed by atoms with Crippen LogP contribution in [0.15, 0.2) is 18.2 Å². The van der Waals surface area contributed by atoms with E-state index in [4.69, 9.17) is 0 Å². The van der Waals surface area contributed by atoms with Gasteiger partial charge in [0.05, 0.1) is 0 Å². The lowest BCUT2D eigenvalue weighted by Gasteiger charge is -2.04. The molecule has 0 heterocycles. The van der Waals surface area contributed by atoms with Crippen LogP contribution in [0.25, 0.3) is 0 Å². The third kappa shape index (κ3) is 2.87. The molecule has 0 bridgehead atoms. The molecule has 0 aliphatic rings. The van der Waals surface area contributed by atoms with Crippen LogP contribution in [0.4, 0.5) is 0 Å². The van der Waals surface area contributed by atoms with E-state index in [9.17, 15) is 9.90 Å². The molecule has 0 aliphatic heterocycles. The first-order valence-electron chi connectivity index (χ1n) is 4.93. The Hall–Kier alpha value is -1.31. The highest BCUT2D eigenvalue weighted by molar-refractivity contribution is 5.81. The number of rotatable bonds is 4. The summed E-state index contributed by atoms with van der Waals surface area (Å²) in [6.45, 7) is 3.93. The maximum absolute atomic E-state index is 11.4. The molecule has 0 amide bonds. The Labute approximate surface area is 84.6 Å². The number of phenols is 1. The first kappa shape index (κ1) is 10.8. The molecule has 2 heteroatoms. The van der Waals surface area contributed by atoms with Crippen molar-refractivity contribution >= 4 is 5.78 Å². The van der Waals surface area contributed by atoms with E-state index in [1.54, 1.807) is 6.07 Å². The van der Waals surface area contributed by atoms with Crippen LogP contribution in [0.3, 0.4) is 0 Å². The van der Waals surface area contributed by atoms with Crippen molar-refractivity contribution in [1.29, 1.82) is 0 Å². The summed E-state index contributed by atoms with van der Waals surface area (Å²) in [7, 11) is 0. The van der Waals surface area contributed by atoms with Crippen LogP contribution in [0.2, 0.25) is 0 Å². The molecular weight excluding hydrogens is 176 g/mol. The minimum absolute atomic E-state index is 0.188. The fourth-order valence-corrected chi connectivity index (χ4v) is 1.44. The standard InChI is InChI=1S/C12H16O2/c1-3-4-11(13)8-10-7-9(2)5-6-12(10)14/h5-7,14H,3-4,8H2,1-2H3. The Morgan fingerprint density at radius 2 is 2.14 bits per heavy atom. The van der Waals surface area contributed by atoms with Crippen LogP contribution in [-0.4, -0.2) is 10.9 Å². The third-order valence-corrected chi connectivity index (χ3v) is 2.15. The molecule has 1 rings (SSSR count). The Kier molecular flexibility index (Phi) is 3.69. The van der Waals surface area contributed by atoms with E-state index in [-0.39, 0.29) is 11.5 Å². The van der Waals surface area contributed by atoms with Crippen LogP contribution in [-0.2, 0) is 11.2 Å². The Bertz CT molecular complexity index is 329. The minimum Gasteiger partial charge on any atom is -0.508 e. The third-order valence-electron chi connectivity index (χ3n) is 2.15. The van der Waals surface area contributed by atoms with Gasteiger partial charge in [0, 0.05) is 18.4 Å². The predicted molar refractivity (Wildman–Crippen MR) is 56.5 cm³/mol. The molecule has 0 unspecified atom stereocenters. The number of benzene rings is 1. The Morgan fingerprint density at radius 1 is 1.43 bits per heavy atom. The highest BCUT2D eigenvalue weighted by Gasteiger charge is 2.06. The zero-order valence-electron chi connectivity index (χ0n) is 8.71. The van der Waals surface area contributed by atoms with Crippen molar-refractivity contribution in [3.05, 3.63) is 29.3 Å². The molecule has 1 aromatic carbocycles. The molecule has 0 fully saturated rings. The van der Waals surface area contributed by atoms with Gasteiger partial charge < -0.3 is 5.11 Å². The lowest BCUT2D eigenvalue weighted by molar-refractivity contribution is -0.118. The van der Waals surface area contributed by atoms with Gasteiger partial charge in [0.25, 0.3) is 0 Å². The summed E-state index contributed by atoms with van der Waals surface area (Å²) in [5.74, 6) is 0.411. The van der Waals surface area contributed by atoms with Gasteiger partial charge in [0.15, 0.2) is 0 Å². The predicted octanol–water partition coefficient (Wildman–Crippen LogP) is 2.61. The van der Waals surface area contributed by atoms with Crippen LogP contribution in [0.5, 0.6) is 5.75 Å². The number of hydrogen-bond donors (Lipinski definition) is 1. The maximum atomic E-state index is 11.4. The Morgan fingerprint density at radius 3 is 2.79 bits per heavy atom. The largest absolute Gasteiger partial charge is 0.508 e. The molecule has 14 heavy (non-hydrogen) atoms. The van der Waals surface area contributed by atoms with Gasteiger partial charge in [-0.1, -0.05) is 24.6 Å². The molecule has 0 atom stereocenters. The normalized spacial score (nSPS) is 10.1. The average molecular weight is 192 g/mol. The van der Waals surface area contributed by atoms with Crippen LogP contribution < -0.4 is 0 Å². The molecule has 2 nitrogen and oxygen atoms in total. The summed E-state index contributed by atoms with van der Waals surface area (Å²) in [6.07, 6.45) is 1.81. The van der Waals surface area contributed by atoms with Crippen molar-refractivity contribution in [3.8, 4) is 5.75 Å². The molecule has 0 aromatic heterocycles. The maximum Gasteiger partial charge on any atom is 0.137 e. The molecule has 0 aliphatic carbocycles. The van der Waals surface area contributed by atoms with Gasteiger partial charge in [-0.15, -0.1) is 0 Å². The molecule has 1 N–H and O–H groups in total. The van der Waals surface area contributed by atoms with Gasteiger partial charge in [0.1, 0.15) is 11.5 Å². The van der Waals surface area contributed by atoms with Crippen LogP contribution in [0, 0.1) is 6.92 Å². The lowest BCUT2D eigenvalue weighted by Crippen LogP contribution is -2.02. The summed E-state index contributed by atoms with van der Waals surface area (Å²) < 4.78 is 0. The first-order chi connectivity index (χ1) is 6.63. The summed E-state index contributed by atoms with van der Waals surface area (Å²) in [6, 6.07) is 5.34. The zero-order chi connectivity index (χ0) is 10.6. The SMILES string of the molecule is CCCC(=O)Cc1cc(C)ccc1O. The highest BCUT2D eigenvalue weighted by atomic mass is 16.3. The van der Waals surface area contributed by atoms with Crippen molar-refractivity contribution in [2.75, 3.05) is 0 Å². The molecule has 0 saturated carbocycles. The molecule has 0 radical (unpaired) electrons. The summed E-state index contributed by atoms with van der Waals surface area (Å²) in [4.78, 5) is 11.4. The minimum atomic E-state index is 0.188. The highest BCUT2D eigenvalue weighted by Crippen LogP contribution is 2.19.